The highest BCUT2D eigenvalue weighted by Crippen LogP contribution is 2.35. The van der Waals surface area contributed by atoms with E-state index in [9.17, 15) is 13.2 Å². The van der Waals surface area contributed by atoms with Crippen LogP contribution in [0.4, 0.5) is 13.2 Å². The lowest BCUT2D eigenvalue weighted by Crippen LogP contribution is -2.08. The Bertz CT molecular complexity index is 655. The summed E-state index contributed by atoms with van der Waals surface area (Å²) in [5.74, 6) is 0.462. The molecule has 0 radical (unpaired) electrons. The van der Waals surface area contributed by atoms with Gasteiger partial charge in [-0.3, -0.25) is 4.98 Å². The highest BCUT2D eigenvalue weighted by Gasteiger charge is 2.30. The van der Waals surface area contributed by atoms with E-state index in [1.807, 2.05) is 6.07 Å². The van der Waals surface area contributed by atoms with Crippen LogP contribution in [0.25, 0.3) is 10.8 Å². The van der Waals surface area contributed by atoms with Crippen molar-refractivity contribution in [1.82, 2.24) is 4.98 Å². The maximum Gasteiger partial charge on any atom is 0.416 e. The van der Waals surface area contributed by atoms with Gasteiger partial charge in [-0.25, -0.2) is 0 Å². The van der Waals surface area contributed by atoms with Crippen molar-refractivity contribution in [1.29, 1.82) is 0 Å². The third-order valence-corrected chi connectivity index (χ3v) is 4.39. The van der Waals surface area contributed by atoms with Crippen molar-refractivity contribution in [3.63, 3.8) is 0 Å². The molecule has 0 aliphatic heterocycles. The van der Waals surface area contributed by atoms with Gasteiger partial charge < -0.3 is 0 Å². The van der Waals surface area contributed by atoms with Gasteiger partial charge in [-0.05, 0) is 43.4 Å². The molecule has 1 nitrogen and oxygen atoms in total. The van der Waals surface area contributed by atoms with Crippen LogP contribution < -0.4 is 0 Å². The molecule has 0 saturated heterocycles. The van der Waals surface area contributed by atoms with E-state index >= 15 is 0 Å². The summed E-state index contributed by atoms with van der Waals surface area (Å²) in [5, 5.41) is 1.46. The van der Waals surface area contributed by atoms with Crippen LogP contribution in [-0.2, 0) is 6.18 Å². The summed E-state index contributed by atoms with van der Waals surface area (Å²) in [7, 11) is 0. The summed E-state index contributed by atoms with van der Waals surface area (Å²) >= 11 is 0. The minimum absolute atomic E-state index is 0.462. The van der Waals surface area contributed by atoms with Crippen LogP contribution in [0.1, 0.15) is 55.0 Å². The Kier molecular flexibility index (Phi) is 3.64. The molecular weight excluding hydrogens is 275 g/mol. The van der Waals surface area contributed by atoms with Gasteiger partial charge in [0.25, 0.3) is 0 Å². The maximum atomic E-state index is 12.8. The van der Waals surface area contributed by atoms with E-state index in [4.69, 9.17) is 0 Å². The summed E-state index contributed by atoms with van der Waals surface area (Å²) in [6.07, 6.45) is 1.69. The van der Waals surface area contributed by atoms with Crippen LogP contribution in [0.15, 0.2) is 24.3 Å². The number of hydrogen-bond acceptors (Lipinski definition) is 1. The van der Waals surface area contributed by atoms with Gasteiger partial charge in [0.2, 0.25) is 0 Å². The molecule has 1 saturated carbocycles. The Morgan fingerprint density at radius 1 is 1.05 bits per heavy atom. The highest BCUT2D eigenvalue weighted by atomic mass is 19.4. The minimum Gasteiger partial charge on any atom is -0.257 e. The van der Waals surface area contributed by atoms with Crippen molar-refractivity contribution in [3.05, 3.63) is 41.2 Å². The Hall–Kier alpha value is -1.58. The molecule has 3 rings (SSSR count). The number of aryl methyl sites for hydroxylation is 1. The molecule has 1 heterocycles. The SMILES string of the molecule is Cc1nc(C2CCCCC2)cc2ccc(C(F)(F)F)cc12. The Labute approximate surface area is 122 Å². The predicted molar refractivity (Wildman–Crippen MR) is 77.3 cm³/mol. The molecule has 0 unspecified atom stereocenters. The molecule has 2 aromatic rings. The second-order valence-corrected chi connectivity index (χ2v) is 5.90. The fraction of sp³-hybridized carbons (Fsp3) is 0.471. The lowest BCUT2D eigenvalue weighted by molar-refractivity contribution is -0.137. The molecule has 0 amide bonds. The van der Waals surface area contributed by atoms with E-state index in [0.717, 1.165) is 30.0 Å². The van der Waals surface area contributed by atoms with E-state index < -0.39 is 11.7 Å². The zero-order valence-corrected chi connectivity index (χ0v) is 12.0. The van der Waals surface area contributed by atoms with Gasteiger partial charge in [0.05, 0.1) is 5.56 Å². The number of nitrogens with zero attached hydrogens (tertiary/aromatic N) is 1. The quantitative estimate of drug-likeness (QED) is 0.666. The first kappa shape index (κ1) is 14.4. The van der Waals surface area contributed by atoms with Gasteiger partial charge in [0, 0.05) is 22.7 Å². The van der Waals surface area contributed by atoms with Crippen molar-refractivity contribution >= 4 is 10.8 Å². The summed E-state index contributed by atoms with van der Waals surface area (Å²) < 4.78 is 38.4. The molecule has 1 aromatic carbocycles. The van der Waals surface area contributed by atoms with Crippen molar-refractivity contribution in [2.24, 2.45) is 0 Å². The monoisotopic (exact) mass is 293 g/mol. The number of alkyl halides is 3. The molecule has 0 bridgehead atoms. The molecular formula is C17H18F3N. The van der Waals surface area contributed by atoms with Crippen molar-refractivity contribution in [2.45, 2.75) is 51.1 Å². The van der Waals surface area contributed by atoms with Gasteiger partial charge in [-0.1, -0.05) is 25.3 Å². The molecule has 4 heteroatoms. The van der Waals surface area contributed by atoms with Gasteiger partial charge in [0.1, 0.15) is 0 Å². The average Bonchev–Trinajstić information content (AvgIpc) is 2.47. The zero-order valence-electron chi connectivity index (χ0n) is 12.0. The van der Waals surface area contributed by atoms with Crippen LogP contribution in [-0.4, -0.2) is 4.98 Å². The van der Waals surface area contributed by atoms with E-state index in [0.29, 0.717) is 17.0 Å². The van der Waals surface area contributed by atoms with E-state index in [2.05, 4.69) is 4.98 Å². The smallest absolute Gasteiger partial charge is 0.257 e. The molecule has 1 aromatic heterocycles. The fourth-order valence-corrected chi connectivity index (χ4v) is 3.22. The van der Waals surface area contributed by atoms with Crippen LogP contribution in [0.5, 0.6) is 0 Å². The average molecular weight is 293 g/mol. The molecule has 1 aliphatic rings. The van der Waals surface area contributed by atoms with Crippen LogP contribution >= 0.6 is 0 Å². The number of aromatic nitrogens is 1. The fourth-order valence-electron chi connectivity index (χ4n) is 3.22. The zero-order chi connectivity index (χ0) is 15.0. The molecule has 0 atom stereocenters. The topological polar surface area (TPSA) is 12.9 Å². The largest absolute Gasteiger partial charge is 0.416 e. The minimum atomic E-state index is -4.30. The number of halogens is 3. The number of rotatable bonds is 1. The van der Waals surface area contributed by atoms with Crippen molar-refractivity contribution < 1.29 is 13.2 Å². The lowest BCUT2D eigenvalue weighted by atomic mass is 9.86. The second kappa shape index (κ2) is 5.32. The van der Waals surface area contributed by atoms with Gasteiger partial charge in [0.15, 0.2) is 0 Å². The Morgan fingerprint density at radius 3 is 2.43 bits per heavy atom. The molecule has 1 fully saturated rings. The summed E-state index contributed by atoms with van der Waals surface area (Å²) in [6.45, 7) is 1.80. The first-order valence-corrected chi connectivity index (χ1v) is 7.43. The maximum absolute atomic E-state index is 12.8. The third-order valence-electron chi connectivity index (χ3n) is 4.39. The van der Waals surface area contributed by atoms with Crippen molar-refractivity contribution in [3.8, 4) is 0 Å². The molecule has 21 heavy (non-hydrogen) atoms. The summed E-state index contributed by atoms with van der Waals surface area (Å²) in [4.78, 5) is 4.58. The Morgan fingerprint density at radius 2 is 1.76 bits per heavy atom. The van der Waals surface area contributed by atoms with E-state index in [1.54, 1.807) is 13.0 Å². The number of hydrogen-bond donors (Lipinski definition) is 0. The predicted octanol–water partition coefficient (Wildman–Crippen LogP) is 5.61. The van der Waals surface area contributed by atoms with Crippen LogP contribution in [0.3, 0.4) is 0 Å². The van der Waals surface area contributed by atoms with Gasteiger partial charge >= 0.3 is 6.18 Å². The van der Waals surface area contributed by atoms with E-state index in [1.165, 1.54) is 25.3 Å². The van der Waals surface area contributed by atoms with Crippen LogP contribution in [0.2, 0.25) is 0 Å². The number of benzene rings is 1. The van der Waals surface area contributed by atoms with Crippen LogP contribution in [0, 0.1) is 6.92 Å². The van der Waals surface area contributed by atoms with Gasteiger partial charge in [-0.15, -0.1) is 0 Å². The highest BCUT2D eigenvalue weighted by molar-refractivity contribution is 5.85. The third kappa shape index (κ3) is 2.89. The lowest BCUT2D eigenvalue weighted by Gasteiger charge is -2.22. The summed E-state index contributed by atoms with van der Waals surface area (Å²) in [5.41, 5.74) is 1.13. The summed E-state index contributed by atoms with van der Waals surface area (Å²) in [6, 6.07) is 5.91. The normalized spacial score (nSPS) is 17.3. The molecule has 112 valence electrons. The molecule has 0 spiro atoms. The van der Waals surface area contributed by atoms with E-state index in [-0.39, 0.29) is 0 Å². The number of pyridine rings is 1. The number of fused-ring (bicyclic) bond motifs is 1. The van der Waals surface area contributed by atoms with Crippen molar-refractivity contribution in [2.75, 3.05) is 0 Å². The molecule has 0 N–H and O–H groups in total. The first-order valence-electron chi connectivity index (χ1n) is 7.43. The first-order chi connectivity index (χ1) is 9.95. The van der Waals surface area contributed by atoms with Gasteiger partial charge in [-0.2, -0.15) is 13.2 Å². The second-order valence-electron chi connectivity index (χ2n) is 5.90. The molecule has 1 aliphatic carbocycles. The Balaban J connectivity index is 2.04. The standard InChI is InChI=1S/C17H18F3N/c1-11-15-10-14(17(18,19)20)8-7-13(15)9-16(21-11)12-5-3-2-4-6-12/h7-10,12H,2-6H2,1H3.